The molecule has 0 radical (unpaired) electrons. The molecule has 0 bridgehead atoms. The van der Waals surface area contributed by atoms with Crippen molar-refractivity contribution < 1.29 is 9.53 Å². The van der Waals surface area contributed by atoms with Gasteiger partial charge in [0.15, 0.2) is 0 Å². The number of hydrogen-bond acceptors (Lipinski definition) is 4. The summed E-state index contributed by atoms with van der Waals surface area (Å²) in [7, 11) is 1.65. The SMILES string of the molecule is C=C(/C=C/C=C/C=C1/N(CC)c2ccc3c(S)cccc3c2C1(C)CCCCCC(=O)NCCOC)C(C)(C)c1c(C)ccc2c(C)cccc12.CC.CCCCC. The number of nitrogens with zero attached hydrogens (tertiary/aromatic N) is 1. The molecule has 0 fully saturated rings. The van der Waals surface area contributed by atoms with Gasteiger partial charge in [-0.1, -0.05) is 153 Å². The first kappa shape index (κ1) is 48.3. The largest absolute Gasteiger partial charge is 0.383 e. The van der Waals surface area contributed by atoms with Crippen LogP contribution >= 0.6 is 12.6 Å². The van der Waals surface area contributed by atoms with Gasteiger partial charge in [0.1, 0.15) is 0 Å². The predicted octanol–water partition coefficient (Wildman–Crippen LogP) is 14.5. The number of ether oxygens (including phenoxy) is 1. The Hall–Kier alpha value is -4.06. The maximum atomic E-state index is 12.3. The highest BCUT2D eigenvalue weighted by Crippen LogP contribution is 2.53. The molecule has 0 saturated heterocycles. The number of amides is 1. The standard InChI is InChI=1S/C46H56N2O2S.C5H12.C2H6/c1-9-48-39-28-27-36-38(21-17-22-40(36)51)44(39)46(7,29-15-11-14-24-42(49)47-30-31-50-8)41(48)23-13-10-12-19-34(4)45(5,6)43-33(3)25-26-35-32(2)18-16-20-37(35)43;1-3-5-4-2;1-2/h10,12-13,16-23,25-28,51H,4,9,11,14-15,24,29-31H2,1-3,5-8H3,(H,47,49);3-5H2,1-2H3;1-2H3/b13-10+,19-12+,41-23+;;. The van der Waals surface area contributed by atoms with Gasteiger partial charge in [-0.2, -0.15) is 0 Å². The molecule has 0 aromatic heterocycles. The number of carbonyl (C=O) groups excluding carboxylic acids is 1. The van der Waals surface area contributed by atoms with Gasteiger partial charge in [-0.05, 0) is 108 Å². The smallest absolute Gasteiger partial charge is 0.220 e. The number of rotatable bonds is 17. The van der Waals surface area contributed by atoms with Crippen molar-refractivity contribution in [3.8, 4) is 0 Å². The molecule has 1 N–H and O–H groups in total. The molecule has 58 heavy (non-hydrogen) atoms. The zero-order valence-electron chi connectivity index (χ0n) is 37.9. The first-order valence-corrected chi connectivity index (χ1v) is 22.3. The fraction of sp³-hybridized carbons (Fsp3) is 0.453. The van der Waals surface area contributed by atoms with Crippen molar-refractivity contribution in [2.45, 2.75) is 136 Å². The first-order chi connectivity index (χ1) is 27.9. The molecule has 314 valence electrons. The number of anilines is 1. The van der Waals surface area contributed by atoms with Gasteiger partial charge in [-0.25, -0.2) is 0 Å². The highest BCUT2D eigenvalue weighted by atomic mass is 32.1. The van der Waals surface area contributed by atoms with E-state index in [-0.39, 0.29) is 16.7 Å². The second kappa shape index (κ2) is 23.5. The van der Waals surface area contributed by atoms with E-state index in [0.717, 1.165) is 42.7 Å². The van der Waals surface area contributed by atoms with Crippen molar-refractivity contribution in [1.82, 2.24) is 5.32 Å². The molecule has 5 heteroatoms. The molecule has 4 aromatic rings. The highest BCUT2D eigenvalue weighted by Gasteiger charge is 2.43. The lowest BCUT2D eigenvalue weighted by atomic mass is 9.74. The zero-order chi connectivity index (χ0) is 42.9. The number of methoxy groups -OCH3 is 1. The van der Waals surface area contributed by atoms with E-state index < -0.39 is 0 Å². The van der Waals surface area contributed by atoms with Crippen molar-refractivity contribution in [1.29, 1.82) is 0 Å². The van der Waals surface area contributed by atoms with Crippen LogP contribution in [0.15, 0.2) is 114 Å². The van der Waals surface area contributed by atoms with Crippen molar-refractivity contribution in [3.63, 3.8) is 0 Å². The number of fused-ring (bicyclic) bond motifs is 4. The number of unbranched alkanes of at least 4 members (excludes halogenated alkanes) is 4. The average molecular weight is 803 g/mol. The molecule has 1 aliphatic rings. The normalized spacial score (nSPS) is 15.8. The molecule has 0 spiro atoms. The number of benzene rings is 4. The molecule has 0 aliphatic carbocycles. The number of thiol groups is 1. The molecule has 0 saturated carbocycles. The summed E-state index contributed by atoms with van der Waals surface area (Å²) < 4.78 is 5.06. The van der Waals surface area contributed by atoms with Crippen LogP contribution in [0.25, 0.3) is 21.5 Å². The van der Waals surface area contributed by atoms with Crippen molar-refractivity contribution in [3.05, 3.63) is 131 Å². The van der Waals surface area contributed by atoms with Crippen molar-refractivity contribution in [2.75, 3.05) is 31.7 Å². The van der Waals surface area contributed by atoms with Gasteiger partial charge in [-0.3, -0.25) is 4.79 Å². The fourth-order valence-electron chi connectivity index (χ4n) is 8.44. The third kappa shape index (κ3) is 11.6. The zero-order valence-corrected chi connectivity index (χ0v) is 38.8. The van der Waals surface area contributed by atoms with Gasteiger partial charge >= 0.3 is 0 Å². The van der Waals surface area contributed by atoms with E-state index in [0.29, 0.717) is 19.6 Å². The Labute approximate surface area is 358 Å². The monoisotopic (exact) mass is 803 g/mol. The minimum atomic E-state index is -0.234. The Morgan fingerprint density at radius 2 is 1.53 bits per heavy atom. The van der Waals surface area contributed by atoms with Crippen molar-refractivity contribution >= 4 is 45.8 Å². The van der Waals surface area contributed by atoms with E-state index in [1.54, 1.807) is 7.11 Å². The third-order valence-corrected chi connectivity index (χ3v) is 12.0. The van der Waals surface area contributed by atoms with Gasteiger partial charge in [0.05, 0.1) is 6.61 Å². The maximum absolute atomic E-state index is 12.3. The van der Waals surface area contributed by atoms with E-state index >= 15 is 0 Å². The molecule has 1 amide bonds. The quantitative estimate of drug-likeness (QED) is 0.0635. The molecule has 1 unspecified atom stereocenters. The van der Waals surface area contributed by atoms with Crippen LogP contribution in [0.2, 0.25) is 0 Å². The Morgan fingerprint density at radius 1 is 0.845 bits per heavy atom. The van der Waals surface area contributed by atoms with Crippen LogP contribution in [0.4, 0.5) is 5.69 Å². The Bertz CT molecular complexity index is 2050. The number of nitrogens with one attached hydrogen (secondary N) is 1. The number of carbonyl (C=O) groups is 1. The van der Waals surface area contributed by atoms with Gasteiger partial charge in [0, 0.05) is 53.7 Å². The Morgan fingerprint density at radius 3 is 2.21 bits per heavy atom. The number of allylic oxidation sites excluding steroid dienone is 7. The highest BCUT2D eigenvalue weighted by molar-refractivity contribution is 7.80. The molecule has 1 heterocycles. The summed E-state index contributed by atoms with van der Waals surface area (Å²) in [5.41, 5.74) is 8.52. The summed E-state index contributed by atoms with van der Waals surface area (Å²) in [6.45, 7) is 28.5. The van der Waals surface area contributed by atoms with Gasteiger partial charge in [0.2, 0.25) is 5.91 Å². The van der Waals surface area contributed by atoms with Crippen LogP contribution in [0, 0.1) is 13.8 Å². The molecule has 4 nitrogen and oxygen atoms in total. The van der Waals surface area contributed by atoms with Gasteiger partial charge in [-0.15, -0.1) is 12.6 Å². The van der Waals surface area contributed by atoms with Gasteiger partial charge in [0.25, 0.3) is 0 Å². The Balaban J connectivity index is 0.00000119. The summed E-state index contributed by atoms with van der Waals surface area (Å²) in [4.78, 5) is 15.8. The molecule has 1 aliphatic heterocycles. The molecular weight excluding hydrogens is 729 g/mol. The van der Waals surface area contributed by atoms with Crippen molar-refractivity contribution in [2.24, 2.45) is 0 Å². The lowest BCUT2D eigenvalue weighted by Crippen LogP contribution is -2.28. The molecule has 4 aromatic carbocycles. The average Bonchev–Trinajstić information content (AvgIpc) is 3.45. The Kier molecular flexibility index (Phi) is 19.6. The minimum absolute atomic E-state index is 0.0983. The summed E-state index contributed by atoms with van der Waals surface area (Å²) >= 11 is 4.83. The lowest BCUT2D eigenvalue weighted by molar-refractivity contribution is -0.121. The van der Waals surface area contributed by atoms with Crippen LogP contribution in [-0.2, 0) is 20.4 Å². The fourth-order valence-corrected chi connectivity index (χ4v) is 8.72. The number of likely N-dealkylation sites (N-methyl/N-ethyl adjacent to an activating group) is 1. The summed E-state index contributed by atoms with van der Waals surface area (Å²) in [5.74, 6) is 0.0983. The second-order valence-electron chi connectivity index (χ2n) is 16.0. The van der Waals surface area contributed by atoms with E-state index in [4.69, 9.17) is 17.4 Å². The van der Waals surface area contributed by atoms with Gasteiger partial charge < -0.3 is 15.0 Å². The third-order valence-electron chi connectivity index (χ3n) is 11.6. The van der Waals surface area contributed by atoms with Crippen LogP contribution in [0.1, 0.15) is 129 Å². The lowest BCUT2D eigenvalue weighted by Gasteiger charge is -2.30. The van der Waals surface area contributed by atoms with E-state index in [2.05, 4.69) is 163 Å². The topological polar surface area (TPSA) is 41.6 Å². The van der Waals surface area contributed by atoms with Crippen LogP contribution in [-0.4, -0.2) is 32.7 Å². The van der Waals surface area contributed by atoms with E-state index in [1.807, 2.05) is 13.8 Å². The summed E-state index contributed by atoms with van der Waals surface area (Å²) in [6.07, 6.45) is 19.4. The predicted molar refractivity (Wildman–Crippen MR) is 258 cm³/mol. The summed E-state index contributed by atoms with van der Waals surface area (Å²) in [6, 6.07) is 22.0. The molecule has 5 rings (SSSR count). The molecular formula is C53H74N2O2S. The summed E-state index contributed by atoms with van der Waals surface area (Å²) in [5, 5.41) is 8.00. The first-order valence-electron chi connectivity index (χ1n) is 21.9. The number of hydrogen-bond donors (Lipinski definition) is 2. The molecule has 1 atom stereocenters. The minimum Gasteiger partial charge on any atom is -0.383 e. The van der Waals surface area contributed by atoms with Crippen LogP contribution < -0.4 is 10.2 Å². The van der Waals surface area contributed by atoms with Crippen LogP contribution in [0.5, 0.6) is 0 Å². The number of aryl methyl sites for hydroxylation is 2. The van der Waals surface area contributed by atoms with Crippen LogP contribution in [0.3, 0.4) is 0 Å². The second-order valence-corrected chi connectivity index (χ2v) is 16.5. The van der Waals surface area contributed by atoms with E-state index in [1.165, 1.54) is 74.4 Å². The van der Waals surface area contributed by atoms with E-state index in [9.17, 15) is 4.79 Å². The maximum Gasteiger partial charge on any atom is 0.220 e.